The maximum atomic E-state index is 11.7. The van der Waals surface area contributed by atoms with Crippen LogP contribution in [0.1, 0.15) is 5.56 Å². The highest BCUT2D eigenvalue weighted by Gasteiger charge is 2.03. The molecule has 0 heterocycles. The number of azo groups is 1. The SMILES string of the molecule is Cc1ccc(N=[N+]([O-])c2ccc(Cl)cc2)cc1. The Balaban J connectivity index is 2.27. The lowest BCUT2D eigenvalue weighted by Crippen LogP contribution is -1.89. The lowest BCUT2D eigenvalue weighted by molar-refractivity contribution is -0.435. The van der Waals surface area contributed by atoms with E-state index in [2.05, 4.69) is 5.11 Å². The van der Waals surface area contributed by atoms with Crippen molar-refractivity contribution in [2.45, 2.75) is 6.92 Å². The van der Waals surface area contributed by atoms with Gasteiger partial charge in [-0.15, -0.1) is 0 Å². The van der Waals surface area contributed by atoms with Crippen LogP contribution < -0.4 is 0 Å². The molecular weight excluding hydrogens is 236 g/mol. The lowest BCUT2D eigenvalue weighted by Gasteiger charge is -1.99. The molecule has 0 saturated heterocycles. The van der Waals surface area contributed by atoms with Crippen molar-refractivity contribution in [3.63, 3.8) is 0 Å². The van der Waals surface area contributed by atoms with E-state index in [1.165, 1.54) is 0 Å². The Bertz CT molecular complexity index is 532. The fraction of sp³-hybridized carbons (Fsp3) is 0.0769. The normalized spacial score (nSPS) is 11.5. The Labute approximate surface area is 105 Å². The second kappa shape index (κ2) is 4.97. The minimum absolute atomic E-state index is 0.454. The van der Waals surface area contributed by atoms with Crippen LogP contribution in [-0.4, -0.2) is 4.86 Å². The van der Waals surface area contributed by atoms with Crippen LogP contribution in [0.3, 0.4) is 0 Å². The minimum Gasteiger partial charge on any atom is -0.594 e. The fourth-order valence-corrected chi connectivity index (χ4v) is 1.47. The second-order valence-corrected chi connectivity index (χ2v) is 4.12. The molecule has 17 heavy (non-hydrogen) atoms. The van der Waals surface area contributed by atoms with E-state index in [9.17, 15) is 5.21 Å². The first-order valence-corrected chi connectivity index (χ1v) is 5.54. The van der Waals surface area contributed by atoms with E-state index >= 15 is 0 Å². The zero-order chi connectivity index (χ0) is 12.3. The molecule has 0 aliphatic carbocycles. The summed E-state index contributed by atoms with van der Waals surface area (Å²) in [5.41, 5.74) is 2.21. The van der Waals surface area contributed by atoms with Crippen LogP contribution in [0, 0.1) is 12.1 Å². The maximum absolute atomic E-state index is 11.7. The van der Waals surface area contributed by atoms with Crippen LogP contribution in [0.15, 0.2) is 53.6 Å². The van der Waals surface area contributed by atoms with E-state index in [1.54, 1.807) is 36.4 Å². The topological polar surface area (TPSA) is 38.4 Å². The summed E-state index contributed by atoms with van der Waals surface area (Å²) >= 11 is 5.74. The molecule has 0 aliphatic rings. The average Bonchev–Trinajstić information content (AvgIpc) is 2.33. The van der Waals surface area contributed by atoms with Crippen LogP contribution in [0.5, 0.6) is 0 Å². The quantitative estimate of drug-likeness (QED) is 0.434. The molecule has 2 aromatic rings. The first-order valence-electron chi connectivity index (χ1n) is 5.16. The van der Waals surface area contributed by atoms with Gasteiger partial charge in [-0.25, -0.2) is 0 Å². The molecule has 4 heteroatoms. The molecule has 0 radical (unpaired) electrons. The van der Waals surface area contributed by atoms with Gasteiger partial charge in [-0.3, -0.25) is 0 Å². The smallest absolute Gasteiger partial charge is 0.245 e. The van der Waals surface area contributed by atoms with Crippen molar-refractivity contribution in [1.29, 1.82) is 0 Å². The molecule has 0 aromatic heterocycles. The average molecular weight is 247 g/mol. The monoisotopic (exact) mass is 246 g/mol. The molecule has 0 bridgehead atoms. The number of hydrogen-bond donors (Lipinski definition) is 0. The van der Waals surface area contributed by atoms with Crippen LogP contribution in [0.4, 0.5) is 11.4 Å². The third kappa shape index (κ3) is 3.04. The van der Waals surface area contributed by atoms with Gasteiger partial charge in [-0.05, 0) is 31.2 Å². The van der Waals surface area contributed by atoms with Crippen molar-refractivity contribution in [2.24, 2.45) is 5.11 Å². The molecule has 0 spiro atoms. The van der Waals surface area contributed by atoms with Gasteiger partial charge < -0.3 is 5.21 Å². The van der Waals surface area contributed by atoms with Crippen molar-refractivity contribution in [1.82, 2.24) is 0 Å². The van der Waals surface area contributed by atoms with E-state index < -0.39 is 0 Å². The molecule has 2 rings (SSSR count). The highest BCUT2D eigenvalue weighted by atomic mass is 35.5. The van der Waals surface area contributed by atoms with Crippen LogP contribution in [-0.2, 0) is 0 Å². The summed E-state index contributed by atoms with van der Waals surface area (Å²) in [6.07, 6.45) is 0. The molecule has 0 N–H and O–H groups in total. The summed E-state index contributed by atoms with van der Waals surface area (Å²) in [6.45, 7) is 1.98. The summed E-state index contributed by atoms with van der Waals surface area (Å²) < 4.78 is 0. The third-order valence-electron chi connectivity index (χ3n) is 2.29. The van der Waals surface area contributed by atoms with Crippen molar-refractivity contribution < 1.29 is 4.86 Å². The second-order valence-electron chi connectivity index (χ2n) is 3.68. The van der Waals surface area contributed by atoms with E-state index in [-0.39, 0.29) is 0 Å². The standard InChI is InChI=1S/C13H11ClN2O/c1-10-2-6-12(7-3-10)15-16(17)13-8-4-11(14)5-9-13/h2-9H,1H3. The Kier molecular flexibility index (Phi) is 3.40. The maximum Gasteiger partial charge on any atom is 0.245 e. The van der Waals surface area contributed by atoms with E-state index in [1.807, 2.05) is 19.1 Å². The minimum atomic E-state index is 0.454. The lowest BCUT2D eigenvalue weighted by atomic mass is 10.2. The number of benzene rings is 2. The third-order valence-corrected chi connectivity index (χ3v) is 2.54. The first-order chi connectivity index (χ1) is 8.15. The van der Waals surface area contributed by atoms with Gasteiger partial charge in [-0.1, -0.05) is 34.2 Å². The highest BCUT2D eigenvalue weighted by molar-refractivity contribution is 6.30. The molecule has 3 nitrogen and oxygen atoms in total. The zero-order valence-corrected chi connectivity index (χ0v) is 10.1. The van der Waals surface area contributed by atoms with Gasteiger partial charge >= 0.3 is 0 Å². The fourth-order valence-electron chi connectivity index (χ4n) is 1.34. The van der Waals surface area contributed by atoms with Gasteiger partial charge in [0.05, 0.1) is 0 Å². The Morgan fingerprint density at radius 2 is 1.59 bits per heavy atom. The van der Waals surface area contributed by atoms with E-state index in [0.29, 0.717) is 21.3 Å². The number of nitrogens with zero attached hydrogens (tertiary/aromatic N) is 2. The number of aryl methyl sites for hydroxylation is 1. The number of halogens is 1. The Hall–Kier alpha value is -1.87. The summed E-state index contributed by atoms with van der Waals surface area (Å²) in [4.78, 5) is 0.584. The molecule has 0 fully saturated rings. The zero-order valence-electron chi connectivity index (χ0n) is 9.30. The molecule has 0 aliphatic heterocycles. The molecule has 86 valence electrons. The summed E-state index contributed by atoms with van der Waals surface area (Å²) in [5, 5.41) is 16.2. The van der Waals surface area contributed by atoms with Crippen molar-refractivity contribution in [3.05, 3.63) is 64.3 Å². The van der Waals surface area contributed by atoms with Crippen molar-refractivity contribution >= 4 is 23.0 Å². The summed E-state index contributed by atoms with van der Waals surface area (Å²) in [5.74, 6) is 0. The molecule has 0 atom stereocenters. The highest BCUT2D eigenvalue weighted by Crippen LogP contribution is 2.19. The van der Waals surface area contributed by atoms with Gasteiger partial charge in [0.25, 0.3) is 0 Å². The van der Waals surface area contributed by atoms with Gasteiger partial charge in [0, 0.05) is 22.3 Å². The summed E-state index contributed by atoms with van der Waals surface area (Å²) in [6, 6.07) is 14.0. The van der Waals surface area contributed by atoms with Crippen LogP contribution in [0.2, 0.25) is 5.02 Å². The molecule has 0 amide bonds. The Morgan fingerprint density at radius 1 is 1.00 bits per heavy atom. The van der Waals surface area contributed by atoms with E-state index in [4.69, 9.17) is 11.6 Å². The van der Waals surface area contributed by atoms with Gasteiger partial charge in [-0.2, -0.15) is 0 Å². The predicted molar refractivity (Wildman–Crippen MR) is 68.0 cm³/mol. The number of rotatable bonds is 2. The first kappa shape index (κ1) is 11.6. The van der Waals surface area contributed by atoms with E-state index in [0.717, 1.165) is 5.56 Å². The van der Waals surface area contributed by atoms with Crippen LogP contribution in [0.25, 0.3) is 0 Å². The molecular formula is C13H11ClN2O. The van der Waals surface area contributed by atoms with Crippen molar-refractivity contribution in [2.75, 3.05) is 0 Å². The molecule has 0 saturated carbocycles. The number of hydrogen-bond acceptors (Lipinski definition) is 2. The predicted octanol–water partition coefficient (Wildman–Crippen LogP) is 4.57. The summed E-state index contributed by atoms with van der Waals surface area (Å²) in [7, 11) is 0. The molecule has 0 unspecified atom stereocenters. The van der Waals surface area contributed by atoms with Gasteiger partial charge in [0.1, 0.15) is 5.69 Å². The largest absolute Gasteiger partial charge is 0.594 e. The van der Waals surface area contributed by atoms with Crippen molar-refractivity contribution in [3.8, 4) is 0 Å². The van der Waals surface area contributed by atoms with Gasteiger partial charge in [0.2, 0.25) is 5.69 Å². The Morgan fingerprint density at radius 3 is 2.18 bits per heavy atom. The van der Waals surface area contributed by atoms with Crippen LogP contribution >= 0.6 is 11.6 Å². The molecule has 2 aromatic carbocycles. The van der Waals surface area contributed by atoms with Gasteiger partial charge in [0.15, 0.2) is 0 Å².